The normalized spacial score (nSPS) is 9.50. The van der Waals surface area contributed by atoms with Crippen molar-refractivity contribution in [1.29, 1.82) is 5.26 Å². The largest absolute Gasteiger partial charge is 0.481 e. The number of benzene rings is 1. The van der Waals surface area contributed by atoms with Gasteiger partial charge < -0.3 is 5.11 Å². The number of carboxylic acid groups (broad SMARTS) is 1. The summed E-state index contributed by atoms with van der Waals surface area (Å²) in [4.78, 5) is 10.4. The monoisotopic (exact) mass is 193 g/mol. The van der Waals surface area contributed by atoms with Gasteiger partial charge in [-0.15, -0.1) is 0 Å². The van der Waals surface area contributed by atoms with Crippen LogP contribution in [0.3, 0.4) is 0 Å². The fourth-order valence-electron chi connectivity index (χ4n) is 1.21. The molecule has 0 aromatic heterocycles. The number of rotatable bonds is 2. The molecule has 4 heteroatoms. The summed E-state index contributed by atoms with van der Waals surface area (Å²) in [7, 11) is 0. The highest BCUT2D eigenvalue weighted by atomic mass is 19.1. The van der Waals surface area contributed by atoms with Crippen LogP contribution in [0.5, 0.6) is 0 Å². The van der Waals surface area contributed by atoms with Gasteiger partial charge in [0.05, 0.1) is 12.0 Å². The molecule has 1 aromatic rings. The van der Waals surface area contributed by atoms with Crippen molar-refractivity contribution >= 4 is 5.97 Å². The average molecular weight is 193 g/mol. The van der Waals surface area contributed by atoms with E-state index in [-0.39, 0.29) is 12.0 Å². The standard InChI is InChI=1S/C10H8FNO2/c1-6-7(4-10(13)14)2-3-9(11)8(6)5-12/h2-3H,4H2,1H3,(H,13,14). The molecule has 0 spiro atoms. The summed E-state index contributed by atoms with van der Waals surface area (Å²) in [5, 5.41) is 17.2. The second kappa shape index (κ2) is 3.88. The first-order chi connectivity index (χ1) is 6.56. The zero-order valence-corrected chi connectivity index (χ0v) is 7.54. The van der Waals surface area contributed by atoms with E-state index in [0.717, 1.165) is 6.07 Å². The lowest BCUT2D eigenvalue weighted by molar-refractivity contribution is -0.136. The minimum atomic E-state index is -0.997. The smallest absolute Gasteiger partial charge is 0.307 e. The van der Waals surface area contributed by atoms with Crippen LogP contribution in [0.25, 0.3) is 0 Å². The Morgan fingerprint density at radius 3 is 2.79 bits per heavy atom. The predicted octanol–water partition coefficient (Wildman–Crippen LogP) is 1.63. The van der Waals surface area contributed by atoms with E-state index < -0.39 is 11.8 Å². The van der Waals surface area contributed by atoms with Crippen molar-refractivity contribution in [2.75, 3.05) is 0 Å². The van der Waals surface area contributed by atoms with E-state index in [4.69, 9.17) is 10.4 Å². The molecule has 0 saturated heterocycles. The highest BCUT2D eigenvalue weighted by Gasteiger charge is 2.11. The molecule has 72 valence electrons. The van der Waals surface area contributed by atoms with E-state index in [1.165, 1.54) is 6.07 Å². The average Bonchev–Trinajstić information content (AvgIpc) is 2.10. The van der Waals surface area contributed by atoms with Crippen LogP contribution in [0.2, 0.25) is 0 Å². The summed E-state index contributed by atoms with van der Waals surface area (Å²) in [6, 6.07) is 4.21. The maximum Gasteiger partial charge on any atom is 0.307 e. The molecule has 1 rings (SSSR count). The highest BCUT2D eigenvalue weighted by molar-refractivity contribution is 5.71. The van der Waals surface area contributed by atoms with Crippen molar-refractivity contribution in [2.45, 2.75) is 13.3 Å². The van der Waals surface area contributed by atoms with Crippen LogP contribution in [0.4, 0.5) is 4.39 Å². The van der Waals surface area contributed by atoms with Gasteiger partial charge in [0.1, 0.15) is 11.9 Å². The maximum absolute atomic E-state index is 13.0. The fraction of sp³-hybridized carbons (Fsp3) is 0.200. The predicted molar refractivity (Wildman–Crippen MR) is 47.2 cm³/mol. The Balaban J connectivity index is 3.23. The third-order valence-electron chi connectivity index (χ3n) is 1.98. The Kier molecular flexibility index (Phi) is 2.82. The summed E-state index contributed by atoms with van der Waals surface area (Å²) in [6.45, 7) is 1.54. The molecule has 0 heterocycles. The summed E-state index contributed by atoms with van der Waals surface area (Å²) >= 11 is 0. The molecule has 0 unspecified atom stereocenters. The first-order valence-electron chi connectivity index (χ1n) is 3.96. The summed E-state index contributed by atoms with van der Waals surface area (Å²) < 4.78 is 13.0. The van der Waals surface area contributed by atoms with Crippen LogP contribution >= 0.6 is 0 Å². The molecule has 1 aromatic carbocycles. The van der Waals surface area contributed by atoms with Gasteiger partial charge >= 0.3 is 5.97 Å². The van der Waals surface area contributed by atoms with Crippen LogP contribution in [0, 0.1) is 24.1 Å². The molecular weight excluding hydrogens is 185 g/mol. The molecule has 0 aliphatic rings. The summed E-state index contributed by atoms with van der Waals surface area (Å²) in [5.74, 6) is -1.61. The van der Waals surface area contributed by atoms with Gasteiger partial charge in [0.2, 0.25) is 0 Å². The number of hydrogen-bond donors (Lipinski definition) is 1. The van der Waals surface area contributed by atoms with Crippen LogP contribution in [0.1, 0.15) is 16.7 Å². The van der Waals surface area contributed by atoms with E-state index in [2.05, 4.69) is 0 Å². The molecular formula is C10H8FNO2. The molecule has 0 atom stereocenters. The van der Waals surface area contributed by atoms with Gasteiger partial charge in [-0.3, -0.25) is 4.79 Å². The SMILES string of the molecule is Cc1c(CC(=O)O)ccc(F)c1C#N. The Morgan fingerprint density at radius 2 is 2.29 bits per heavy atom. The van der Waals surface area contributed by atoms with E-state index >= 15 is 0 Å². The van der Waals surface area contributed by atoms with E-state index in [1.807, 2.05) is 0 Å². The lowest BCUT2D eigenvalue weighted by Gasteiger charge is -2.05. The van der Waals surface area contributed by atoms with E-state index in [0.29, 0.717) is 11.1 Å². The molecule has 0 radical (unpaired) electrons. The van der Waals surface area contributed by atoms with Gasteiger partial charge in [0, 0.05) is 0 Å². The minimum absolute atomic E-state index is 0.0799. The Hall–Kier alpha value is -1.89. The third-order valence-corrected chi connectivity index (χ3v) is 1.98. The van der Waals surface area contributed by atoms with Gasteiger partial charge in [-0.1, -0.05) is 6.07 Å². The Bertz CT molecular complexity index is 421. The second-order valence-corrected chi connectivity index (χ2v) is 2.89. The number of nitrogens with zero attached hydrogens (tertiary/aromatic N) is 1. The first-order valence-corrected chi connectivity index (χ1v) is 3.96. The lowest BCUT2D eigenvalue weighted by atomic mass is 10.0. The Labute approximate surface area is 80.4 Å². The van der Waals surface area contributed by atoms with Gasteiger partial charge in [0.25, 0.3) is 0 Å². The quantitative estimate of drug-likeness (QED) is 0.776. The van der Waals surface area contributed by atoms with Crippen molar-refractivity contribution in [2.24, 2.45) is 0 Å². The molecule has 0 aliphatic heterocycles. The van der Waals surface area contributed by atoms with Gasteiger partial charge in [-0.25, -0.2) is 4.39 Å². The van der Waals surface area contributed by atoms with Gasteiger partial charge in [-0.2, -0.15) is 5.26 Å². The number of hydrogen-bond acceptors (Lipinski definition) is 2. The summed E-state index contributed by atoms with van der Waals surface area (Å²) in [5.41, 5.74) is 0.786. The van der Waals surface area contributed by atoms with Crippen molar-refractivity contribution < 1.29 is 14.3 Å². The third kappa shape index (κ3) is 1.88. The van der Waals surface area contributed by atoms with Crippen molar-refractivity contribution in [3.05, 3.63) is 34.6 Å². The van der Waals surface area contributed by atoms with Crippen molar-refractivity contribution in [3.63, 3.8) is 0 Å². The number of carboxylic acids is 1. The van der Waals surface area contributed by atoms with Crippen molar-refractivity contribution in [1.82, 2.24) is 0 Å². The molecule has 0 saturated carbocycles. The molecule has 0 amide bonds. The molecule has 14 heavy (non-hydrogen) atoms. The molecule has 0 aliphatic carbocycles. The maximum atomic E-state index is 13.0. The zero-order valence-electron chi connectivity index (χ0n) is 7.54. The molecule has 0 fully saturated rings. The number of aliphatic carboxylic acids is 1. The van der Waals surface area contributed by atoms with Gasteiger partial charge in [-0.05, 0) is 24.1 Å². The number of halogens is 1. The topological polar surface area (TPSA) is 61.1 Å². The molecule has 1 N–H and O–H groups in total. The molecule has 0 bridgehead atoms. The zero-order chi connectivity index (χ0) is 10.7. The van der Waals surface area contributed by atoms with Crippen LogP contribution in [-0.4, -0.2) is 11.1 Å². The van der Waals surface area contributed by atoms with E-state index in [9.17, 15) is 9.18 Å². The second-order valence-electron chi connectivity index (χ2n) is 2.89. The van der Waals surface area contributed by atoms with Crippen LogP contribution < -0.4 is 0 Å². The number of carbonyl (C=O) groups is 1. The van der Waals surface area contributed by atoms with Crippen LogP contribution in [-0.2, 0) is 11.2 Å². The van der Waals surface area contributed by atoms with Gasteiger partial charge in [0.15, 0.2) is 0 Å². The Morgan fingerprint density at radius 1 is 1.64 bits per heavy atom. The number of nitriles is 1. The summed E-state index contributed by atoms with van der Waals surface area (Å²) in [6.07, 6.45) is -0.194. The lowest BCUT2D eigenvalue weighted by Crippen LogP contribution is -2.04. The minimum Gasteiger partial charge on any atom is -0.481 e. The van der Waals surface area contributed by atoms with Crippen molar-refractivity contribution in [3.8, 4) is 6.07 Å². The first kappa shape index (κ1) is 10.2. The molecule has 3 nitrogen and oxygen atoms in total. The van der Waals surface area contributed by atoms with E-state index in [1.54, 1.807) is 13.0 Å². The highest BCUT2D eigenvalue weighted by Crippen LogP contribution is 2.17. The van der Waals surface area contributed by atoms with Crippen LogP contribution in [0.15, 0.2) is 12.1 Å². The fourth-order valence-corrected chi connectivity index (χ4v) is 1.21.